The monoisotopic (exact) mass is 323 g/mol. The van der Waals surface area contributed by atoms with Crippen molar-refractivity contribution >= 4 is 10.1 Å². The first-order valence-electron chi connectivity index (χ1n) is 8.52. The Bertz CT molecular complexity index is 542. The first-order chi connectivity index (χ1) is 10.5. The molecule has 1 fully saturated rings. The molecule has 1 atom stereocenters. The van der Waals surface area contributed by atoms with Crippen LogP contribution in [0.25, 0.3) is 0 Å². The molecule has 0 amide bonds. The molecule has 0 saturated heterocycles. The third-order valence-corrected chi connectivity index (χ3v) is 5.81. The molecule has 4 heteroatoms. The fourth-order valence-corrected chi connectivity index (χ4v) is 3.96. The number of rotatable bonds is 8. The predicted molar refractivity (Wildman–Crippen MR) is 87.9 cm³/mol. The van der Waals surface area contributed by atoms with Crippen molar-refractivity contribution in [1.82, 2.24) is 0 Å². The van der Waals surface area contributed by atoms with Crippen molar-refractivity contribution < 1.29 is 13.0 Å². The Balaban J connectivity index is 1.69. The third-order valence-electron chi connectivity index (χ3n) is 4.96. The quantitative estimate of drug-likeness (QED) is 0.508. The normalized spacial score (nSPS) is 17.7. The summed E-state index contributed by atoms with van der Waals surface area (Å²) in [4.78, 5) is -0.139. The lowest BCUT2D eigenvalue weighted by molar-refractivity contribution is 0.459. The Kier molecular flexibility index (Phi) is 6.45. The summed E-state index contributed by atoms with van der Waals surface area (Å²) in [5.41, 5.74) is 1.11. The highest BCUT2D eigenvalue weighted by Crippen LogP contribution is 2.30. The van der Waals surface area contributed by atoms with Gasteiger partial charge in [0.15, 0.2) is 0 Å². The second-order valence-electron chi connectivity index (χ2n) is 6.71. The number of hydrogen-bond acceptors (Lipinski definition) is 3. The molecular formula is C18H27O3S-. The van der Waals surface area contributed by atoms with Crippen molar-refractivity contribution in [3.63, 3.8) is 0 Å². The molecule has 0 aromatic heterocycles. The molecule has 0 radical (unpaired) electrons. The first kappa shape index (κ1) is 17.5. The molecule has 0 heterocycles. The van der Waals surface area contributed by atoms with Gasteiger partial charge in [-0.3, -0.25) is 0 Å². The van der Waals surface area contributed by atoms with Gasteiger partial charge in [0.1, 0.15) is 10.1 Å². The van der Waals surface area contributed by atoms with Crippen LogP contribution in [0.3, 0.4) is 0 Å². The van der Waals surface area contributed by atoms with Crippen molar-refractivity contribution in [2.45, 2.75) is 75.5 Å². The molecule has 0 bridgehead atoms. The van der Waals surface area contributed by atoms with Gasteiger partial charge in [0.25, 0.3) is 0 Å². The van der Waals surface area contributed by atoms with Gasteiger partial charge in [-0.05, 0) is 36.0 Å². The van der Waals surface area contributed by atoms with E-state index in [0.29, 0.717) is 5.92 Å². The largest absolute Gasteiger partial charge is 0.744 e. The van der Waals surface area contributed by atoms with E-state index in [2.05, 4.69) is 6.92 Å². The van der Waals surface area contributed by atoms with E-state index >= 15 is 0 Å². The molecule has 1 aliphatic carbocycles. The SMILES string of the molecule is CC(CCCCCC1CCCC1)c1ccc(S(=O)(=O)[O-])cc1. The van der Waals surface area contributed by atoms with E-state index in [1.807, 2.05) is 0 Å². The second-order valence-corrected chi connectivity index (χ2v) is 8.09. The Hall–Kier alpha value is -0.870. The predicted octanol–water partition coefficient (Wildman–Crippen LogP) is 4.83. The fourth-order valence-electron chi connectivity index (χ4n) is 3.49. The highest BCUT2D eigenvalue weighted by atomic mass is 32.2. The topological polar surface area (TPSA) is 57.2 Å². The summed E-state index contributed by atoms with van der Waals surface area (Å²) in [7, 11) is -4.33. The Morgan fingerprint density at radius 1 is 1.09 bits per heavy atom. The van der Waals surface area contributed by atoms with Crippen LogP contribution in [-0.4, -0.2) is 13.0 Å². The van der Waals surface area contributed by atoms with Gasteiger partial charge < -0.3 is 4.55 Å². The third kappa shape index (κ3) is 5.40. The van der Waals surface area contributed by atoms with Crippen molar-refractivity contribution in [3.8, 4) is 0 Å². The van der Waals surface area contributed by atoms with E-state index in [1.165, 1.54) is 63.5 Å². The molecule has 124 valence electrons. The minimum Gasteiger partial charge on any atom is -0.744 e. The summed E-state index contributed by atoms with van der Waals surface area (Å²) >= 11 is 0. The maximum atomic E-state index is 10.9. The lowest BCUT2D eigenvalue weighted by Gasteiger charge is -2.14. The molecular weight excluding hydrogens is 296 g/mol. The van der Waals surface area contributed by atoms with Crippen molar-refractivity contribution in [2.75, 3.05) is 0 Å². The Morgan fingerprint density at radius 3 is 2.32 bits per heavy atom. The molecule has 22 heavy (non-hydrogen) atoms. The summed E-state index contributed by atoms with van der Waals surface area (Å²) in [6, 6.07) is 6.39. The van der Waals surface area contributed by atoms with E-state index in [0.717, 1.165) is 17.9 Å². The summed E-state index contributed by atoms with van der Waals surface area (Å²) in [6.07, 6.45) is 12.1. The standard InChI is InChI=1S/C18H28O3S/c1-15(7-3-2-4-8-16-9-5-6-10-16)17-11-13-18(14-12-17)22(19,20)21/h11-16H,2-10H2,1H3,(H,19,20,21)/p-1. The van der Waals surface area contributed by atoms with E-state index in [-0.39, 0.29) is 4.90 Å². The van der Waals surface area contributed by atoms with Crippen LogP contribution in [0.4, 0.5) is 0 Å². The number of unbranched alkanes of at least 4 members (excludes halogenated alkanes) is 2. The molecule has 1 aromatic carbocycles. The van der Waals surface area contributed by atoms with Crippen LogP contribution in [0.5, 0.6) is 0 Å². The van der Waals surface area contributed by atoms with Crippen molar-refractivity contribution in [1.29, 1.82) is 0 Å². The zero-order chi connectivity index (χ0) is 16.0. The van der Waals surface area contributed by atoms with Crippen LogP contribution in [0.15, 0.2) is 29.2 Å². The highest BCUT2D eigenvalue weighted by molar-refractivity contribution is 7.85. The molecule has 0 N–H and O–H groups in total. The van der Waals surface area contributed by atoms with E-state index in [9.17, 15) is 13.0 Å². The molecule has 3 nitrogen and oxygen atoms in total. The van der Waals surface area contributed by atoms with E-state index in [1.54, 1.807) is 12.1 Å². The second kappa shape index (κ2) is 8.11. The molecule has 0 spiro atoms. The maximum absolute atomic E-state index is 10.9. The van der Waals surface area contributed by atoms with Gasteiger partial charge in [-0.2, -0.15) is 0 Å². The van der Waals surface area contributed by atoms with E-state index < -0.39 is 10.1 Å². The molecule has 1 unspecified atom stereocenters. The van der Waals surface area contributed by atoms with Crippen LogP contribution < -0.4 is 0 Å². The van der Waals surface area contributed by atoms with Crippen molar-refractivity contribution in [2.24, 2.45) is 5.92 Å². The van der Waals surface area contributed by atoms with Crippen LogP contribution in [-0.2, 0) is 10.1 Å². The molecule has 0 aliphatic heterocycles. The van der Waals surface area contributed by atoms with Gasteiger partial charge in [-0.1, -0.05) is 70.4 Å². The Labute approximate surface area is 134 Å². The van der Waals surface area contributed by atoms with Gasteiger partial charge >= 0.3 is 0 Å². The van der Waals surface area contributed by atoms with Gasteiger partial charge in [0.05, 0.1) is 4.90 Å². The minimum atomic E-state index is -4.33. The zero-order valence-corrected chi connectivity index (χ0v) is 14.3. The van der Waals surface area contributed by atoms with Crippen LogP contribution in [0, 0.1) is 5.92 Å². The molecule has 1 saturated carbocycles. The number of benzene rings is 1. The summed E-state index contributed by atoms with van der Waals surface area (Å²) in [6.45, 7) is 2.16. The van der Waals surface area contributed by atoms with Gasteiger partial charge in [0.2, 0.25) is 0 Å². The lowest BCUT2D eigenvalue weighted by Crippen LogP contribution is -2.00. The highest BCUT2D eigenvalue weighted by Gasteiger charge is 2.14. The first-order valence-corrected chi connectivity index (χ1v) is 9.93. The molecule has 1 aromatic rings. The summed E-state index contributed by atoms with van der Waals surface area (Å²) in [5, 5.41) is 0. The average Bonchev–Trinajstić information content (AvgIpc) is 2.99. The molecule has 2 rings (SSSR count). The fraction of sp³-hybridized carbons (Fsp3) is 0.667. The summed E-state index contributed by atoms with van der Waals surface area (Å²) < 4.78 is 32.7. The Morgan fingerprint density at radius 2 is 1.73 bits per heavy atom. The van der Waals surface area contributed by atoms with Crippen molar-refractivity contribution in [3.05, 3.63) is 29.8 Å². The maximum Gasteiger partial charge on any atom is 0.124 e. The van der Waals surface area contributed by atoms with Crippen LogP contribution in [0.1, 0.15) is 76.2 Å². The average molecular weight is 323 g/mol. The van der Waals surface area contributed by atoms with Crippen LogP contribution >= 0.6 is 0 Å². The van der Waals surface area contributed by atoms with Gasteiger partial charge in [-0.25, -0.2) is 8.42 Å². The van der Waals surface area contributed by atoms with Gasteiger partial charge in [0, 0.05) is 0 Å². The minimum absolute atomic E-state index is 0.139. The number of hydrogen-bond donors (Lipinski definition) is 0. The summed E-state index contributed by atoms with van der Waals surface area (Å²) in [5.74, 6) is 1.40. The van der Waals surface area contributed by atoms with Crippen LogP contribution in [0.2, 0.25) is 0 Å². The van der Waals surface area contributed by atoms with E-state index in [4.69, 9.17) is 0 Å². The van der Waals surface area contributed by atoms with Gasteiger partial charge in [-0.15, -0.1) is 0 Å². The lowest BCUT2D eigenvalue weighted by atomic mass is 9.93. The zero-order valence-electron chi connectivity index (χ0n) is 13.5. The smallest absolute Gasteiger partial charge is 0.124 e. The molecule has 1 aliphatic rings.